The first-order valence-corrected chi connectivity index (χ1v) is 8.74. The lowest BCUT2D eigenvalue weighted by molar-refractivity contribution is -0.117. The van der Waals surface area contributed by atoms with Crippen LogP contribution in [0.4, 0.5) is 0 Å². The third-order valence-electron chi connectivity index (χ3n) is 4.18. The van der Waals surface area contributed by atoms with Crippen LogP contribution in [-0.4, -0.2) is 99.0 Å². The van der Waals surface area contributed by atoms with Crippen molar-refractivity contribution in [3.8, 4) is 0 Å². The Bertz CT molecular complexity index is 583. The molecule has 0 atom stereocenters. The molecule has 25 heavy (non-hydrogen) atoms. The zero-order valence-electron chi connectivity index (χ0n) is 14.7. The number of nitrogens with two attached hydrogens (primary N) is 1. The normalized spacial score (nSPS) is 21.2. The van der Waals surface area contributed by atoms with Crippen LogP contribution >= 0.6 is 0 Å². The van der Waals surface area contributed by atoms with Crippen molar-refractivity contribution >= 4 is 11.6 Å². The SMILES string of the molecule is COCCOCCN.O=C1C=C(N2CC2)C(=O)C(N2CC2)=C1N1CC1. The zero-order valence-corrected chi connectivity index (χ0v) is 14.7. The molecular formula is C17H26N4O4. The van der Waals surface area contributed by atoms with Crippen LogP contribution in [0.2, 0.25) is 0 Å². The Morgan fingerprint density at radius 2 is 1.52 bits per heavy atom. The number of rotatable bonds is 8. The summed E-state index contributed by atoms with van der Waals surface area (Å²) in [6.45, 7) is 7.92. The number of ketones is 2. The summed E-state index contributed by atoms with van der Waals surface area (Å²) in [6.07, 6.45) is 1.52. The molecule has 138 valence electrons. The van der Waals surface area contributed by atoms with E-state index < -0.39 is 0 Å². The summed E-state index contributed by atoms with van der Waals surface area (Å²) in [6, 6.07) is 0. The van der Waals surface area contributed by atoms with E-state index >= 15 is 0 Å². The van der Waals surface area contributed by atoms with Gasteiger partial charge in [-0.1, -0.05) is 0 Å². The number of carbonyl (C=O) groups is 2. The molecule has 0 aromatic heterocycles. The predicted molar refractivity (Wildman–Crippen MR) is 91.6 cm³/mol. The van der Waals surface area contributed by atoms with Crippen molar-refractivity contribution in [3.63, 3.8) is 0 Å². The summed E-state index contributed by atoms with van der Waals surface area (Å²) >= 11 is 0. The monoisotopic (exact) mass is 350 g/mol. The van der Waals surface area contributed by atoms with Gasteiger partial charge in [-0.3, -0.25) is 9.59 Å². The number of allylic oxidation sites excluding steroid dienone is 1. The molecule has 0 aromatic carbocycles. The molecule has 0 spiro atoms. The highest BCUT2D eigenvalue weighted by Gasteiger charge is 2.43. The van der Waals surface area contributed by atoms with Crippen molar-refractivity contribution < 1.29 is 19.1 Å². The highest BCUT2D eigenvalue weighted by Crippen LogP contribution is 2.33. The van der Waals surface area contributed by atoms with Gasteiger partial charge in [-0.05, 0) is 0 Å². The van der Waals surface area contributed by atoms with Crippen molar-refractivity contribution in [2.45, 2.75) is 0 Å². The third-order valence-corrected chi connectivity index (χ3v) is 4.18. The molecule has 4 rings (SSSR count). The second-order valence-electron chi connectivity index (χ2n) is 6.28. The smallest absolute Gasteiger partial charge is 0.227 e. The van der Waals surface area contributed by atoms with Gasteiger partial charge in [0.2, 0.25) is 11.6 Å². The van der Waals surface area contributed by atoms with E-state index in [2.05, 4.69) is 0 Å². The molecule has 0 radical (unpaired) electrons. The van der Waals surface area contributed by atoms with Crippen LogP contribution in [0.25, 0.3) is 0 Å². The highest BCUT2D eigenvalue weighted by atomic mass is 16.5. The molecule has 8 nitrogen and oxygen atoms in total. The quantitative estimate of drug-likeness (QED) is 0.331. The number of methoxy groups -OCH3 is 1. The summed E-state index contributed by atoms with van der Waals surface area (Å²) in [4.78, 5) is 30.5. The molecular weight excluding hydrogens is 324 g/mol. The van der Waals surface area contributed by atoms with E-state index in [4.69, 9.17) is 15.2 Å². The number of ether oxygens (including phenoxy) is 2. The zero-order chi connectivity index (χ0) is 17.8. The van der Waals surface area contributed by atoms with E-state index in [-0.39, 0.29) is 11.6 Å². The predicted octanol–water partition coefficient (Wildman–Crippen LogP) is -1.21. The number of hydrogen-bond acceptors (Lipinski definition) is 8. The number of carbonyl (C=O) groups excluding carboxylic acids is 2. The molecule has 2 N–H and O–H groups in total. The lowest BCUT2D eigenvalue weighted by Gasteiger charge is -2.21. The number of nitrogens with zero attached hydrogens (tertiary/aromatic N) is 3. The summed E-state index contributed by atoms with van der Waals surface area (Å²) in [5.41, 5.74) is 7.03. The van der Waals surface area contributed by atoms with E-state index in [0.29, 0.717) is 43.5 Å². The molecule has 4 aliphatic rings. The maximum atomic E-state index is 12.4. The largest absolute Gasteiger partial charge is 0.382 e. The van der Waals surface area contributed by atoms with Gasteiger partial charge in [0.1, 0.15) is 11.4 Å². The van der Waals surface area contributed by atoms with Crippen molar-refractivity contribution in [1.82, 2.24) is 14.7 Å². The molecule has 3 aliphatic heterocycles. The topological polar surface area (TPSA) is 87.7 Å². The van der Waals surface area contributed by atoms with Gasteiger partial charge in [0.05, 0.1) is 25.5 Å². The van der Waals surface area contributed by atoms with Crippen molar-refractivity contribution in [1.29, 1.82) is 0 Å². The van der Waals surface area contributed by atoms with Gasteiger partial charge in [-0.2, -0.15) is 0 Å². The van der Waals surface area contributed by atoms with E-state index in [0.717, 1.165) is 39.3 Å². The van der Waals surface area contributed by atoms with Crippen molar-refractivity contribution in [2.24, 2.45) is 5.73 Å². The summed E-state index contributed by atoms with van der Waals surface area (Å²) in [7, 11) is 1.64. The van der Waals surface area contributed by atoms with Gasteiger partial charge in [0.15, 0.2) is 0 Å². The van der Waals surface area contributed by atoms with Gasteiger partial charge < -0.3 is 29.9 Å². The Balaban J connectivity index is 0.000000197. The van der Waals surface area contributed by atoms with E-state index in [9.17, 15) is 9.59 Å². The van der Waals surface area contributed by atoms with Crippen LogP contribution in [0.5, 0.6) is 0 Å². The van der Waals surface area contributed by atoms with E-state index in [1.54, 1.807) is 7.11 Å². The minimum Gasteiger partial charge on any atom is -0.382 e. The first kappa shape index (κ1) is 17.9. The molecule has 0 unspecified atom stereocenters. The Labute approximate surface area is 147 Å². The fourth-order valence-electron chi connectivity index (χ4n) is 2.60. The first-order valence-electron chi connectivity index (χ1n) is 8.74. The molecule has 8 heteroatoms. The van der Waals surface area contributed by atoms with Gasteiger partial charge in [-0.15, -0.1) is 0 Å². The lowest BCUT2D eigenvalue weighted by atomic mass is 10.0. The average molecular weight is 350 g/mol. The Morgan fingerprint density at radius 3 is 2.04 bits per heavy atom. The summed E-state index contributed by atoms with van der Waals surface area (Å²) in [5.74, 6) is 0.0485. The minimum atomic E-state index is 0.00546. The van der Waals surface area contributed by atoms with E-state index in [1.807, 2.05) is 14.7 Å². The number of hydrogen-bond donors (Lipinski definition) is 1. The Morgan fingerprint density at radius 1 is 0.920 bits per heavy atom. The maximum Gasteiger partial charge on any atom is 0.227 e. The standard InChI is InChI=1S/C12H13N3O2.C5H13NO2/c16-9-7-8(13-1-2-13)12(17)11(15-5-6-15)10(9)14-3-4-14;1-7-4-5-8-3-2-6/h7H,1-6H2;2-6H2,1H3. The third kappa shape index (κ3) is 4.59. The van der Waals surface area contributed by atoms with Gasteiger partial charge in [0.25, 0.3) is 0 Å². The summed E-state index contributed by atoms with van der Waals surface area (Å²) < 4.78 is 9.70. The van der Waals surface area contributed by atoms with Gasteiger partial charge in [-0.25, -0.2) is 0 Å². The first-order chi connectivity index (χ1) is 12.2. The molecule has 1 aliphatic carbocycles. The van der Waals surface area contributed by atoms with Crippen LogP contribution in [0.3, 0.4) is 0 Å². The van der Waals surface area contributed by atoms with Crippen LogP contribution in [0.15, 0.2) is 23.2 Å². The Kier molecular flexibility index (Phi) is 5.72. The minimum absolute atomic E-state index is 0.00546. The molecule has 3 fully saturated rings. The van der Waals surface area contributed by atoms with Crippen LogP contribution in [0, 0.1) is 0 Å². The Hall–Kier alpha value is -1.90. The van der Waals surface area contributed by atoms with E-state index in [1.165, 1.54) is 6.08 Å². The fraction of sp³-hybridized carbons (Fsp3) is 0.647. The van der Waals surface area contributed by atoms with Crippen LogP contribution < -0.4 is 5.73 Å². The average Bonchev–Trinajstić information content (AvgIpc) is 3.47. The van der Waals surface area contributed by atoms with Gasteiger partial charge in [0, 0.05) is 59.0 Å². The van der Waals surface area contributed by atoms with Gasteiger partial charge >= 0.3 is 0 Å². The second kappa shape index (κ2) is 7.99. The molecule has 0 saturated carbocycles. The van der Waals surface area contributed by atoms with Crippen LogP contribution in [0.1, 0.15) is 0 Å². The van der Waals surface area contributed by atoms with Crippen LogP contribution in [-0.2, 0) is 19.1 Å². The molecule has 0 bridgehead atoms. The molecule has 0 aromatic rings. The summed E-state index contributed by atoms with van der Waals surface area (Å²) in [5, 5.41) is 0. The molecule has 3 heterocycles. The lowest BCUT2D eigenvalue weighted by Crippen LogP contribution is -2.29. The molecule has 3 saturated heterocycles. The fourth-order valence-corrected chi connectivity index (χ4v) is 2.60. The maximum absolute atomic E-state index is 12.4. The molecule has 0 amide bonds. The number of Topliss-reactive ketones (excluding diaryl/α,β-unsaturated/α-hetero) is 1. The second-order valence-corrected chi connectivity index (χ2v) is 6.28. The van der Waals surface area contributed by atoms with Crippen molar-refractivity contribution in [2.75, 3.05) is 72.7 Å². The van der Waals surface area contributed by atoms with Crippen molar-refractivity contribution in [3.05, 3.63) is 23.2 Å². The highest BCUT2D eigenvalue weighted by molar-refractivity contribution is 6.22.